The Labute approximate surface area is 151 Å². The van der Waals surface area contributed by atoms with E-state index in [1.807, 2.05) is 30.3 Å². The van der Waals surface area contributed by atoms with Crippen molar-refractivity contribution in [2.24, 2.45) is 0 Å². The van der Waals surface area contributed by atoms with Crippen LogP contribution in [0.3, 0.4) is 0 Å². The molecule has 0 radical (unpaired) electrons. The van der Waals surface area contributed by atoms with Crippen molar-refractivity contribution in [1.82, 2.24) is 15.5 Å². The number of hydrogen-bond acceptors (Lipinski definition) is 7. The first kappa shape index (κ1) is 19.0. The molecule has 25 heavy (non-hydrogen) atoms. The maximum Gasteiger partial charge on any atom is 0.230 e. The summed E-state index contributed by atoms with van der Waals surface area (Å²) in [5.41, 5.74) is 1.47. The maximum absolute atomic E-state index is 11.7. The van der Waals surface area contributed by atoms with Crippen molar-refractivity contribution in [3.05, 3.63) is 30.3 Å². The first-order valence-electron chi connectivity index (χ1n) is 7.62. The van der Waals surface area contributed by atoms with Crippen molar-refractivity contribution < 1.29 is 19.0 Å². The van der Waals surface area contributed by atoms with Crippen LogP contribution >= 0.6 is 11.8 Å². The number of carbonyl (C=O) groups excluding carboxylic acids is 1. The average Bonchev–Trinajstić information content (AvgIpc) is 2.66. The molecule has 0 aliphatic carbocycles. The number of thioether (sulfide) groups is 1. The number of nitrogens with one attached hydrogen (secondary N) is 1. The van der Waals surface area contributed by atoms with Gasteiger partial charge in [-0.1, -0.05) is 11.8 Å². The number of hydrogen-bond donors (Lipinski definition) is 1. The fraction of sp³-hybridized carbons (Fsp3) is 0.353. The number of aromatic nitrogens is 2. The molecule has 2 aromatic rings. The van der Waals surface area contributed by atoms with Gasteiger partial charge in [-0.05, 0) is 30.3 Å². The number of amides is 1. The molecule has 0 fully saturated rings. The fourth-order valence-electron chi connectivity index (χ4n) is 2.04. The molecule has 1 heterocycles. The van der Waals surface area contributed by atoms with E-state index in [-0.39, 0.29) is 11.7 Å². The molecule has 0 unspecified atom stereocenters. The minimum atomic E-state index is -0.0672. The van der Waals surface area contributed by atoms with Gasteiger partial charge in [0.2, 0.25) is 5.91 Å². The Morgan fingerprint density at radius 2 is 1.96 bits per heavy atom. The Morgan fingerprint density at radius 1 is 1.12 bits per heavy atom. The van der Waals surface area contributed by atoms with Gasteiger partial charge in [0.05, 0.1) is 32.3 Å². The van der Waals surface area contributed by atoms with Crippen LogP contribution in [-0.4, -0.2) is 56.3 Å². The minimum Gasteiger partial charge on any atom is -0.497 e. The molecule has 1 aromatic carbocycles. The quantitative estimate of drug-likeness (QED) is 0.539. The van der Waals surface area contributed by atoms with Gasteiger partial charge in [-0.3, -0.25) is 4.79 Å². The lowest BCUT2D eigenvalue weighted by Gasteiger charge is -2.10. The molecular weight excluding hydrogens is 342 g/mol. The highest BCUT2D eigenvalue weighted by Gasteiger charge is 2.10. The summed E-state index contributed by atoms with van der Waals surface area (Å²) in [6.45, 7) is 0.990. The lowest BCUT2D eigenvalue weighted by atomic mass is 10.1. The Balaban J connectivity index is 2.01. The van der Waals surface area contributed by atoms with E-state index in [0.29, 0.717) is 35.4 Å². The molecular formula is C17H21N3O4S. The summed E-state index contributed by atoms with van der Waals surface area (Å²) in [6.07, 6.45) is 0. The summed E-state index contributed by atoms with van der Waals surface area (Å²) in [7, 11) is 4.80. The third kappa shape index (κ3) is 5.61. The molecule has 0 atom stereocenters. The van der Waals surface area contributed by atoms with Crippen LogP contribution < -0.4 is 14.8 Å². The molecule has 1 aromatic heterocycles. The maximum atomic E-state index is 11.7. The van der Waals surface area contributed by atoms with Crippen molar-refractivity contribution in [1.29, 1.82) is 0 Å². The van der Waals surface area contributed by atoms with Crippen LogP contribution in [0.1, 0.15) is 0 Å². The normalized spacial score (nSPS) is 10.4. The summed E-state index contributed by atoms with van der Waals surface area (Å²) < 4.78 is 15.5. The smallest absolute Gasteiger partial charge is 0.230 e. The van der Waals surface area contributed by atoms with Crippen molar-refractivity contribution in [3.63, 3.8) is 0 Å². The monoisotopic (exact) mass is 363 g/mol. The SMILES string of the molecule is COCCNC(=O)CSc1ccc(-c2cc(OC)ccc2OC)nn1. The summed E-state index contributed by atoms with van der Waals surface area (Å²) in [6, 6.07) is 9.16. The second-order valence-electron chi connectivity index (χ2n) is 4.95. The van der Waals surface area contributed by atoms with Crippen LogP contribution in [0, 0.1) is 0 Å². The minimum absolute atomic E-state index is 0.0672. The molecule has 1 N–H and O–H groups in total. The highest BCUT2D eigenvalue weighted by molar-refractivity contribution is 7.99. The first-order chi connectivity index (χ1) is 12.2. The van der Waals surface area contributed by atoms with Crippen LogP contribution in [0.15, 0.2) is 35.4 Å². The number of carbonyl (C=O) groups is 1. The van der Waals surface area contributed by atoms with E-state index in [0.717, 1.165) is 5.56 Å². The predicted octanol–water partition coefficient (Wildman–Crippen LogP) is 2.02. The van der Waals surface area contributed by atoms with Gasteiger partial charge in [0.15, 0.2) is 0 Å². The second-order valence-corrected chi connectivity index (χ2v) is 5.95. The van der Waals surface area contributed by atoms with Crippen molar-refractivity contribution in [2.45, 2.75) is 5.03 Å². The van der Waals surface area contributed by atoms with E-state index < -0.39 is 0 Å². The van der Waals surface area contributed by atoms with E-state index in [4.69, 9.17) is 14.2 Å². The van der Waals surface area contributed by atoms with Gasteiger partial charge in [0, 0.05) is 19.2 Å². The zero-order valence-corrected chi connectivity index (χ0v) is 15.3. The molecule has 0 aliphatic heterocycles. The number of benzene rings is 1. The predicted molar refractivity (Wildman–Crippen MR) is 96.2 cm³/mol. The zero-order valence-electron chi connectivity index (χ0n) is 14.4. The Kier molecular flexibility index (Phi) is 7.49. The zero-order chi connectivity index (χ0) is 18.1. The first-order valence-corrected chi connectivity index (χ1v) is 8.61. The fourth-order valence-corrected chi connectivity index (χ4v) is 2.68. The number of ether oxygens (including phenoxy) is 3. The van der Waals surface area contributed by atoms with Crippen molar-refractivity contribution in [2.75, 3.05) is 40.2 Å². The summed E-state index contributed by atoms with van der Waals surface area (Å²) >= 11 is 1.33. The van der Waals surface area contributed by atoms with Crippen molar-refractivity contribution >= 4 is 17.7 Å². The van der Waals surface area contributed by atoms with Crippen LogP contribution in [0.5, 0.6) is 11.5 Å². The Bertz CT molecular complexity index is 695. The van der Waals surface area contributed by atoms with Crippen LogP contribution in [0.4, 0.5) is 0 Å². The third-order valence-corrected chi connectivity index (χ3v) is 4.22. The lowest BCUT2D eigenvalue weighted by molar-refractivity contribution is -0.118. The lowest BCUT2D eigenvalue weighted by Crippen LogP contribution is -2.28. The topological polar surface area (TPSA) is 82.6 Å². The van der Waals surface area contributed by atoms with Gasteiger partial charge in [0.1, 0.15) is 16.5 Å². The largest absolute Gasteiger partial charge is 0.497 e. The van der Waals surface area contributed by atoms with Crippen LogP contribution in [0.25, 0.3) is 11.3 Å². The van der Waals surface area contributed by atoms with Gasteiger partial charge < -0.3 is 19.5 Å². The molecule has 134 valence electrons. The molecule has 2 rings (SSSR count). The van der Waals surface area contributed by atoms with Gasteiger partial charge >= 0.3 is 0 Å². The van der Waals surface area contributed by atoms with Gasteiger partial charge in [-0.2, -0.15) is 0 Å². The van der Waals surface area contributed by atoms with Crippen LogP contribution in [-0.2, 0) is 9.53 Å². The molecule has 7 nitrogen and oxygen atoms in total. The van der Waals surface area contributed by atoms with Gasteiger partial charge in [-0.25, -0.2) is 0 Å². The number of rotatable bonds is 9. The van der Waals surface area contributed by atoms with Crippen molar-refractivity contribution in [3.8, 4) is 22.8 Å². The summed E-state index contributed by atoms with van der Waals surface area (Å²) in [4.78, 5) is 11.7. The summed E-state index contributed by atoms with van der Waals surface area (Å²) in [5.74, 6) is 1.61. The van der Waals surface area contributed by atoms with E-state index in [1.165, 1.54) is 11.8 Å². The Hall–Kier alpha value is -2.32. The molecule has 1 amide bonds. The average molecular weight is 363 g/mol. The molecule has 0 saturated heterocycles. The van der Waals surface area contributed by atoms with E-state index in [2.05, 4.69) is 15.5 Å². The highest BCUT2D eigenvalue weighted by atomic mass is 32.2. The van der Waals surface area contributed by atoms with E-state index in [9.17, 15) is 4.79 Å². The van der Waals surface area contributed by atoms with Gasteiger partial charge in [-0.15, -0.1) is 10.2 Å². The standard InChI is InChI=1S/C17H21N3O4S/c1-22-9-8-18-16(21)11-25-17-7-5-14(19-20-17)13-10-12(23-2)4-6-15(13)24-3/h4-7,10H,8-9,11H2,1-3H3,(H,18,21). The van der Waals surface area contributed by atoms with Crippen LogP contribution in [0.2, 0.25) is 0 Å². The molecule has 0 saturated carbocycles. The molecule has 0 aliphatic rings. The summed E-state index contributed by atoms with van der Waals surface area (Å²) in [5, 5.41) is 11.8. The van der Waals surface area contributed by atoms with E-state index in [1.54, 1.807) is 21.3 Å². The van der Waals surface area contributed by atoms with Gasteiger partial charge in [0.25, 0.3) is 0 Å². The molecule has 8 heteroatoms. The van der Waals surface area contributed by atoms with E-state index >= 15 is 0 Å². The Morgan fingerprint density at radius 3 is 2.60 bits per heavy atom. The third-order valence-electron chi connectivity index (χ3n) is 3.30. The molecule has 0 spiro atoms. The highest BCUT2D eigenvalue weighted by Crippen LogP contribution is 2.32. The number of methoxy groups -OCH3 is 3. The molecule has 0 bridgehead atoms. The second kappa shape index (κ2) is 9.85. The number of nitrogens with zero attached hydrogens (tertiary/aromatic N) is 2.